The molecule has 0 saturated carbocycles. The molecule has 0 radical (unpaired) electrons. The molecule has 16 heavy (non-hydrogen) atoms. The molecule has 0 aliphatic heterocycles. The molecule has 0 N–H and O–H groups in total. The van der Waals surface area contributed by atoms with E-state index in [1.165, 1.54) is 6.92 Å². The van der Waals surface area contributed by atoms with E-state index in [9.17, 15) is 14.4 Å². The van der Waals surface area contributed by atoms with Gasteiger partial charge in [0.05, 0.1) is 0 Å². The first kappa shape index (κ1) is 12.1. The van der Waals surface area contributed by atoms with Crippen LogP contribution < -0.4 is 0 Å². The number of ether oxygens (including phenoxy) is 1. The summed E-state index contributed by atoms with van der Waals surface area (Å²) in [6.07, 6.45) is 0. The number of benzene rings is 1. The minimum absolute atomic E-state index is 0.355. The second-order valence-corrected chi connectivity index (χ2v) is 3.36. The van der Waals surface area contributed by atoms with Gasteiger partial charge in [-0.05, 0) is 6.92 Å². The van der Waals surface area contributed by atoms with E-state index in [-0.39, 0.29) is 5.78 Å². The third kappa shape index (κ3) is 3.02. The monoisotopic (exact) mass is 220 g/mol. The summed E-state index contributed by atoms with van der Waals surface area (Å²) in [6, 6.07) is 8.40. The standard InChI is InChI=1S/C12H12O4/c1-8(12(15)16-9(2)13)11(14)10-6-4-3-5-7-10/h3-8H,1-2H3. The third-order valence-electron chi connectivity index (χ3n) is 2.05. The van der Waals surface area contributed by atoms with Gasteiger partial charge in [0.15, 0.2) is 5.78 Å². The Kier molecular flexibility index (Phi) is 3.94. The molecule has 1 aromatic carbocycles. The summed E-state index contributed by atoms with van der Waals surface area (Å²) in [5.41, 5.74) is 0.426. The van der Waals surface area contributed by atoms with Crippen molar-refractivity contribution >= 4 is 17.7 Å². The van der Waals surface area contributed by atoms with E-state index in [1.807, 2.05) is 0 Å². The van der Waals surface area contributed by atoms with Crippen molar-refractivity contribution in [2.24, 2.45) is 5.92 Å². The normalized spacial score (nSPS) is 11.6. The van der Waals surface area contributed by atoms with Crippen LogP contribution >= 0.6 is 0 Å². The van der Waals surface area contributed by atoms with E-state index in [1.54, 1.807) is 30.3 Å². The molecule has 1 unspecified atom stereocenters. The first-order chi connectivity index (χ1) is 7.52. The fourth-order valence-electron chi connectivity index (χ4n) is 1.19. The molecule has 4 heteroatoms. The lowest BCUT2D eigenvalue weighted by Crippen LogP contribution is -2.24. The number of hydrogen-bond donors (Lipinski definition) is 0. The maximum Gasteiger partial charge on any atom is 0.324 e. The molecule has 0 fully saturated rings. The lowest BCUT2D eigenvalue weighted by atomic mass is 10.00. The van der Waals surface area contributed by atoms with Gasteiger partial charge >= 0.3 is 11.9 Å². The Balaban J connectivity index is 2.75. The third-order valence-corrected chi connectivity index (χ3v) is 2.05. The second kappa shape index (κ2) is 5.21. The van der Waals surface area contributed by atoms with Crippen molar-refractivity contribution in [3.8, 4) is 0 Å². The SMILES string of the molecule is CC(=O)OC(=O)C(C)C(=O)c1ccccc1. The molecule has 0 aromatic heterocycles. The zero-order chi connectivity index (χ0) is 12.1. The van der Waals surface area contributed by atoms with Gasteiger partial charge in [-0.3, -0.25) is 14.4 Å². The predicted molar refractivity (Wildman–Crippen MR) is 56.7 cm³/mol. The van der Waals surface area contributed by atoms with Gasteiger partial charge in [0.1, 0.15) is 5.92 Å². The van der Waals surface area contributed by atoms with Crippen molar-refractivity contribution in [3.05, 3.63) is 35.9 Å². The van der Waals surface area contributed by atoms with Gasteiger partial charge < -0.3 is 4.74 Å². The smallest absolute Gasteiger partial charge is 0.324 e. The summed E-state index contributed by atoms with van der Waals surface area (Å²) in [5.74, 6) is -2.85. The molecule has 0 bridgehead atoms. The maximum atomic E-state index is 11.8. The van der Waals surface area contributed by atoms with Gasteiger partial charge in [-0.1, -0.05) is 30.3 Å². The quantitative estimate of drug-likeness (QED) is 0.441. The molecule has 0 aliphatic rings. The van der Waals surface area contributed by atoms with Crippen molar-refractivity contribution in [2.45, 2.75) is 13.8 Å². The number of carbonyl (C=O) groups is 3. The molecule has 0 heterocycles. The van der Waals surface area contributed by atoms with Gasteiger partial charge in [-0.15, -0.1) is 0 Å². The van der Waals surface area contributed by atoms with Crippen LogP contribution in [-0.2, 0) is 14.3 Å². The summed E-state index contributed by atoms with van der Waals surface area (Å²) in [6.45, 7) is 2.54. The zero-order valence-corrected chi connectivity index (χ0v) is 9.10. The van der Waals surface area contributed by atoms with E-state index in [0.29, 0.717) is 5.56 Å². The largest absolute Gasteiger partial charge is 0.393 e. The predicted octanol–water partition coefficient (Wildman–Crippen LogP) is 1.60. The molecular weight excluding hydrogens is 208 g/mol. The van der Waals surface area contributed by atoms with E-state index in [0.717, 1.165) is 6.92 Å². The summed E-state index contributed by atoms with van der Waals surface area (Å²) >= 11 is 0. The van der Waals surface area contributed by atoms with Crippen LogP contribution in [0.15, 0.2) is 30.3 Å². The minimum Gasteiger partial charge on any atom is -0.393 e. The van der Waals surface area contributed by atoms with Crippen molar-refractivity contribution in [1.29, 1.82) is 0 Å². The maximum absolute atomic E-state index is 11.8. The highest BCUT2D eigenvalue weighted by atomic mass is 16.6. The fraction of sp³-hybridized carbons (Fsp3) is 0.250. The number of ketones is 1. The van der Waals surface area contributed by atoms with Crippen LogP contribution in [0.4, 0.5) is 0 Å². The highest BCUT2D eigenvalue weighted by Crippen LogP contribution is 2.10. The van der Waals surface area contributed by atoms with Crippen LogP contribution in [0.5, 0.6) is 0 Å². The molecule has 0 amide bonds. The number of esters is 2. The molecule has 1 rings (SSSR count). The fourth-order valence-corrected chi connectivity index (χ4v) is 1.19. The second-order valence-electron chi connectivity index (χ2n) is 3.36. The van der Waals surface area contributed by atoms with Crippen molar-refractivity contribution < 1.29 is 19.1 Å². The summed E-state index contributed by atoms with van der Waals surface area (Å²) < 4.78 is 4.36. The highest BCUT2D eigenvalue weighted by Gasteiger charge is 2.25. The molecule has 0 spiro atoms. The molecule has 0 saturated heterocycles. The van der Waals surface area contributed by atoms with Gasteiger partial charge in [-0.2, -0.15) is 0 Å². The van der Waals surface area contributed by atoms with Crippen LogP contribution in [0.25, 0.3) is 0 Å². The molecular formula is C12H12O4. The van der Waals surface area contributed by atoms with Crippen molar-refractivity contribution in [2.75, 3.05) is 0 Å². The lowest BCUT2D eigenvalue weighted by molar-refractivity contribution is -0.159. The Morgan fingerprint density at radius 2 is 1.69 bits per heavy atom. The number of Topliss-reactive ketones (excluding diaryl/α,β-unsaturated/α-hetero) is 1. The summed E-state index contributed by atoms with van der Waals surface area (Å²) in [7, 11) is 0. The van der Waals surface area contributed by atoms with E-state index >= 15 is 0 Å². The van der Waals surface area contributed by atoms with Crippen LogP contribution in [0.2, 0.25) is 0 Å². The minimum atomic E-state index is -0.966. The first-order valence-electron chi connectivity index (χ1n) is 4.84. The highest BCUT2D eigenvalue weighted by molar-refractivity contribution is 6.09. The molecule has 84 valence electrons. The molecule has 0 aliphatic carbocycles. The number of carbonyl (C=O) groups excluding carboxylic acids is 3. The Bertz CT molecular complexity index is 408. The van der Waals surface area contributed by atoms with Crippen molar-refractivity contribution in [3.63, 3.8) is 0 Å². The van der Waals surface area contributed by atoms with Gasteiger partial charge in [0.2, 0.25) is 0 Å². The van der Waals surface area contributed by atoms with Gasteiger partial charge in [-0.25, -0.2) is 0 Å². The lowest BCUT2D eigenvalue weighted by Gasteiger charge is -2.08. The average molecular weight is 220 g/mol. The van der Waals surface area contributed by atoms with E-state index in [2.05, 4.69) is 4.74 Å². The molecule has 1 aromatic rings. The summed E-state index contributed by atoms with van der Waals surface area (Å²) in [4.78, 5) is 33.6. The van der Waals surface area contributed by atoms with Crippen LogP contribution in [0, 0.1) is 5.92 Å². The van der Waals surface area contributed by atoms with Crippen LogP contribution in [-0.4, -0.2) is 17.7 Å². The van der Waals surface area contributed by atoms with E-state index in [4.69, 9.17) is 0 Å². The first-order valence-corrected chi connectivity index (χ1v) is 4.84. The molecule has 1 atom stereocenters. The topological polar surface area (TPSA) is 60.4 Å². The number of hydrogen-bond acceptors (Lipinski definition) is 4. The van der Waals surface area contributed by atoms with Gasteiger partial charge in [0.25, 0.3) is 0 Å². The Hall–Kier alpha value is -1.97. The Morgan fingerprint density at radius 1 is 1.12 bits per heavy atom. The van der Waals surface area contributed by atoms with Crippen LogP contribution in [0.1, 0.15) is 24.2 Å². The van der Waals surface area contributed by atoms with Crippen LogP contribution in [0.3, 0.4) is 0 Å². The number of rotatable bonds is 3. The molecule has 4 nitrogen and oxygen atoms in total. The Morgan fingerprint density at radius 3 is 2.19 bits per heavy atom. The van der Waals surface area contributed by atoms with Crippen molar-refractivity contribution in [1.82, 2.24) is 0 Å². The van der Waals surface area contributed by atoms with E-state index < -0.39 is 17.9 Å². The Labute approximate surface area is 93.2 Å². The summed E-state index contributed by atoms with van der Waals surface area (Å²) in [5, 5.41) is 0. The zero-order valence-electron chi connectivity index (χ0n) is 9.10. The average Bonchev–Trinajstić information content (AvgIpc) is 2.27. The van der Waals surface area contributed by atoms with Gasteiger partial charge in [0, 0.05) is 12.5 Å².